The Morgan fingerprint density at radius 1 is 1.42 bits per heavy atom. The molecule has 1 saturated carbocycles. The fourth-order valence-electron chi connectivity index (χ4n) is 1.06. The van der Waals surface area contributed by atoms with E-state index < -0.39 is 11.9 Å². The van der Waals surface area contributed by atoms with Gasteiger partial charge in [0.2, 0.25) is 0 Å². The van der Waals surface area contributed by atoms with E-state index in [0.29, 0.717) is 0 Å². The summed E-state index contributed by atoms with van der Waals surface area (Å²) >= 11 is 0. The second-order valence-electron chi connectivity index (χ2n) is 2.94. The van der Waals surface area contributed by atoms with Crippen LogP contribution in [0.2, 0.25) is 0 Å². The Morgan fingerprint density at radius 2 is 2.08 bits per heavy atom. The second kappa shape index (κ2) is 2.24. The molecule has 1 fully saturated rings. The first-order valence-electron chi connectivity index (χ1n) is 3.68. The van der Waals surface area contributed by atoms with E-state index in [2.05, 4.69) is 4.98 Å². The van der Waals surface area contributed by atoms with Crippen molar-refractivity contribution in [2.45, 2.75) is 25.1 Å². The summed E-state index contributed by atoms with van der Waals surface area (Å²) in [5, 5.41) is 0. The maximum absolute atomic E-state index is 12.0. The van der Waals surface area contributed by atoms with Gasteiger partial charge in [-0.3, -0.25) is 0 Å². The van der Waals surface area contributed by atoms with Crippen LogP contribution in [0, 0.1) is 0 Å². The average molecular weight is 176 g/mol. The third kappa shape index (κ3) is 1.31. The zero-order chi connectivity index (χ0) is 8.77. The summed E-state index contributed by atoms with van der Waals surface area (Å²) in [6, 6.07) is 0.258. The van der Waals surface area contributed by atoms with Gasteiger partial charge in [-0.2, -0.15) is 13.2 Å². The van der Waals surface area contributed by atoms with Gasteiger partial charge in [-0.25, -0.2) is 4.98 Å². The fourth-order valence-corrected chi connectivity index (χ4v) is 1.06. The SMILES string of the molecule is FC(F)(F)c1cn(C2CC2)cn1. The number of alkyl halides is 3. The number of hydrogen-bond donors (Lipinski definition) is 0. The molecular weight excluding hydrogens is 169 g/mol. The van der Waals surface area contributed by atoms with Crippen molar-refractivity contribution < 1.29 is 13.2 Å². The van der Waals surface area contributed by atoms with Gasteiger partial charge in [0.1, 0.15) is 0 Å². The largest absolute Gasteiger partial charge is 0.434 e. The average Bonchev–Trinajstić information content (AvgIpc) is 2.66. The lowest BCUT2D eigenvalue weighted by Gasteiger charge is -1.99. The molecule has 12 heavy (non-hydrogen) atoms. The van der Waals surface area contributed by atoms with Gasteiger partial charge < -0.3 is 4.57 Å². The lowest BCUT2D eigenvalue weighted by atomic mass is 10.5. The topological polar surface area (TPSA) is 17.8 Å². The van der Waals surface area contributed by atoms with Gasteiger partial charge in [0.15, 0.2) is 5.69 Å². The highest BCUT2D eigenvalue weighted by atomic mass is 19.4. The number of halogens is 3. The molecule has 2 rings (SSSR count). The molecule has 0 bridgehead atoms. The predicted octanol–water partition coefficient (Wildman–Crippen LogP) is 2.24. The summed E-state index contributed by atoms with van der Waals surface area (Å²) in [6.07, 6.45) is -0.0559. The molecular formula is C7H7F3N2. The van der Waals surface area contributed by atoms with Crippen molar-refractivity contribution in [3.05, 3.63) is 18.2 Å². The van der Waals surface area contributed by atoms with Crippen molar-refractivity contribution in [3.8, 4) is 0 Å². The molecule has 5 heteroatoms. The van der Waals surface area contributed by atoms with Gasteiger partial charge in [-0.15, -0.1) is 0 Å². The molecule has 2 nitrogen and oxygen atoms in total. The molecule has 1 aromatic rings. The quantitative estimate of drug-likeness (QED) is 0.641. The van der Waals surface area contributed by atoms with E-state index in [1.807, 2.05) is 0 Å². The zero-order valence-corrected chi connectivity index (χ0v) is 6.17. The Hall–Kier alpha value is -1.00. The Labute approximate surface area is 67.0 Å². The molecule has 0 atom stereocenters. The molecule has 66 valence electrons. The van der Waals surface area contributed by atoms with E-state index in [-0.39, 0.29) is 6.04 Å². The van der Waals surface area contributed by atoms with E-state index in [1.165, 1.54) is 10.9 Å². The fraction of sp³-hybridized carbons (Fsp3) is 0.571. The van der Waals surface area contributed by atoms with Crippen molar-refractivity contribution in [1.82, 2.24) is 9.55 Å². The molecule has 0 N–H and O–H groups in total. The molecule has 1 aliphatic carbocycles. The van der Waals surface area contributed by atoms with Gasteiger partial charge in [0.25, 0.3) is 0 Å². The molecule has 0 unspecified atom stereocenters. The first kappa shape index (κ1) is 7.64. The van der Waals surface area contributed by atoms with E-state index in [9.17, 15) is 13.2 Å². The van der Waals surface area contributed by atoms with E-state index in [0.717, 1.165) is 19.0 Å². The lowest BCUT2D eigenvalue weighted by molar-refractivity contribution is -0.140. The van der Waals surface area contributed by atoms with E-state index in [1.54, 1.807) is 0 Å². The van der Waals surface area contributed by atoms with Gasteiger partial charge in [0, 0.05) is 12.2 Å². The van der Waals surface area contributed by atoms with Crippen molar-refractivity contribution in [2.75, 3.05) is 0 Å². The molecule has 0 aliphatic heterocycles. The smallest absolute Gasteiger partial charge is 0.334 e. The third-order valence-electron chi connectivity index (χ3n) is 1.86. The minimum absolute atomic E-state index is 0.258. The van der Waals surface area contributed by atoms with Crippen molar-refractivity contribution in [3.63, 3.8) is 0 Å². The van der Waals surface area contributed by atoms with E-state index >= 15 is 0 Å². The van der Waals surface area contributed by atoms with Crippen LogP contribution in [0.25, 0.3) is 0 Å². The van der Waals surface area contributed by atoms with Crippen molar-refractivity contribution in [2.24, 2.45) is 0 Å². The van der Waals surface area contributed by atoms with Gasteiger partial charge in [-0.05, 0) is 12.8 Å². The number of imidazole rings is 1. The molecule has 0 amide bonds. The number of nitrogens with zero attached hydrogens (tertiary/aromatic N) is 2. The van der Waals surface area contributed by atoms with Crippen molar-refractivity contribution >= 4 is 0 Å². The summed E-state index contributed by atoms with van der Waals surface area (Å²) in [6.45, 7) is 0. The van der Waals surface area contributed by atoms with Crippen LogP contribution in [-0.4, -0.2) is 9.55 Å². The van der Waals surface area contributed by atoms with Gasteiger partial charge in [-0.1, -0.05) is 0 Å². The first-order valence-corrected chi connectivity index (χ1v) is 3.68. The standard InChI is InChI=1S/C7H7F3N2/c8-7(9,10)6-3-12(4-11-6)5-1-2-5/h3-5H,1-2H2. The van der Waals surface area contributed by atoms with E-state index in [4.69, 9.17) is 0 Å². The highest BCUT2D eigenvalue weighted by Gasteiger charge is 2.35. The highest BCUT2D eigenvalue weighted by molar-refractivity contribution is 5.04. The molecule has 0 radical (unpaired) electrons. The van der Waals surface area contributed by atoms with Gasteiger partial charge in [0.05, 0.1) is 6.33 Å². The molecule has 0 spiro atoms. The highest BCUT2D eigenvalue weighted by Crippen LogP contribution is 2.36. The molecule has 0 saturated heterocycles. The Kier molecular flexibility index (Phi) is 1.43. The summed E-state index contributed by atoms with van der Waals surface area (Å²) in [4.78, 5) is 3.29. The number of hydrogen-bond acceptors (Lipinski definition) is 1. The Bertz CT molecular complexity index is 285. The van der Waals surface area contributed by atoms with Crippen LogP contribution < -0.4 is 0 Å². The zero-order valence-electron chi connectivity index (χ0n) is 6.17. The summed E-state index contributed by atoms with van der Waals surface area (Å²) in [5.41, 5.74) is -0.797. The minimum atomic E-state index is -4.31. The maximum Gasteiger partial charge on any atom is 0.434 e. The maximum atomic E-state index is 12.0. The first-order chi connectivity index (χ1) is 5.57. The van der Waals surface area contributed by atoms with Crippen LogP contribution in [0.1, 0.15) is 24.6 Å². The van der Waals surface area contributed by atoms with Crippen LogP contribution >= 0.6 is 0 Å². The Morgan fingerprint density at radius 3 is 2.50 bits per heavy atom. The van der Waals surface area contributed by atoms with Crippen LogP contribution in [0.5, 0.6) is 0 Å². The lowest BCUT2D eigenvalue weighted by Crippen LogP contribution is -2.04. The van der Waals surface area contributed by atoms with Crippen LogP contribution in [0.3, 0.4) is 0 Å². The number of rotatable bonds is 1. The summed E-state index contributed by atoms with van der Waals surface area (Å²) in [5.74, 6) is 0. The van der Waals surface area contributed by atoms with Gasteiger partial charge >= 0.3 is 6.18 Å². The molecule has 0 aromatic carbocycles. The predicted molar refractivity (Wildman–Crippen MR) is 35.5 cm³/mol. The van der Waals surface area contributed by atoms with Crippen LogP contribution in [-0.2, 0) is 6.18 Å². The molecule has 1 heterocycles. The minimum Gasteiger partial charge on any atom is -0.334 e. The summed E-state index contributed by atoms with van der Waals surface area (Å²) in [7, 11) is 0. The second-order valence-corrected chi connectivity index (χ2v) is 2.94. The van der Waals surface area contributed by atoms with Crippen molar-refractivity contribution in [1.29, 1.82) is 0 Å². The Balaban J connectivity index is 2.23. The number of aromatic nitrogens is 2. The molecule has 1 aromatic heterocycles. The van der Waals surface area contributed by atoms with Crippen LogP contribution in [0.15, 0.2) is 12.5 Å². The summed E-state index contributed by atoms with van der Waals surface area (Å²) < 4.78 is 37.6. The monoisotopic (exact) mass is 176 g/mol. The molecule has 1 aliphatic rings. The van der Waals surface area contributed by atoms with Crippen LogP contribution in [0.4, 0.5) is 13.2 Å². The normalized spacial score (nSPS) is 18.2. The third-order valence-corrected chi connectivity index (χ3v) is 1.86.